The van der Waals surface area contributed by atoms with E-state index in [0.717, 1.165) is 5.70 Å². The molecule has 0 aromatic heterocycles. The SMILES string of the molecule is COC(=O)C1=C(C)NC2=C(C(=O)C(C)(C)CC2)C1c1ccccc1[N+](=O)[O-]. The number of esters is 1. The van der Waals surface area contributed by atoms with E-state index < -0.39 is 22.2 Å². The maximum Gasteiger partial charge on any atom is 0.336 e. The van der Waals surface area contributed by atoms with E-state index in [-0.39, 0.29) is 17.0 Å². The number of nitro benzene ring substituents is 1. The number of ether oxygens (including phenoxy) is 1. The number of rotatable bonds is 3. The van der Waals surface area contributed by atoms with Gasteiger partial charge in [-0.25, -0.2) is 4.79 Å². The summed E-state index contributed by atoms with van der Waals surface area (Å²) in [6.45, 7) is 5.44. The summed E-state index contributed by atoms with van der Waals surface area (Å²) in [5.74, 6) is -1.54. The Kier molecular flexibility index (Phi) is 4.63. The fourth-order valence-electron chi connectivity index (χ4n) is 3.87. The molecule has 0 saturated carbocycles. The number of methoxy groups -OCH3 is 1. The number of Topliss-reactive ketones (excluding diaryl/α,β-unsaturated/α-hetero) is 1. The van der Waals surface area contributed by atoms with Crippen LogP contribution in [0.4, 0.5) is 5.69 Å². The van der Waals surface area contributed by atoms with Crippen LogP contribution in [-0.4, -0.2) is 23.8 Å². The molecule has 142 valence electrons. The zero-order valence-corrected chi connectivity index (χ0v) is 15.8. The Bertz CT molecular complexity index is 911. The van der Waals surface area contributed by atoms with Crippen LogP contribution in [0, 0.1) is 15.5 Å². The van der Waals surface area contributed by atoms with Gasteiger partial charge in [-0.3, -0.25) is 14.9 Å². The summed E-state index contributed by atoms with van der Waals surface area (Å²) in [5, 5.41) is 14.8. The van der Waals surface area contributed by atoms with Gasteiger partial charge in [-0.1, -0.05) is 32.0 Å². The molecule has 1 atom stereocenters. The van der Waals surface area contributed by atoms with Crippen LogP contribution in [0.3, 0.4) is 0 Å². The van der Waals surface area contributed by atoms with Gasteiger partial charge in [-0.05, 0) is 19.8 Å². The fourth-order valence-corrected chi connectivity index (χ4v) is 3.87. The molecule has 1 N–H and O–H groups in total. The quantitative estimate of drug-likeness (QED) is 0.498. The van der Waals surface area contributed by atoms with Crippen molar-refractivity contribution < 1.29 is 19.2 Å². The van der Waals surface area contributed by atoms with Crippen LogP contribution in [0.25, 0.3) is 0 Å². The van der Waals surface area contributed by atoms with Crippen molar-refractivity contribution in [1.29, 1.82) is 0 Å². The highest BCUT2D eigenvalue weighted by Gasteiger charge is 2.46. The molecule has 27 heavy (non-hydrogen) atoms. The summed E-state index contributed by atoms with van der Waals surface area (Å²) in [6, 6.07) is 6.23. The van der Waals surface area contributed by atoms with E-state index in [0.29, 0.717) is 29.7 Å². The molecule has 1 aliphatic carbocycles. The van der Waals surface area contributed by atoms with Crippen LogP contribution in [-0.2, 0) is 14.3 Å². The molecule has 1 aromatic carbocycles. The molecule has 1 aliphatic heterocycles. The van der Waals surface area contributed by atoms with Crippen LogP contribution in [0.2, 0.25) is 0 Å². The normalized spacial score (nSPS) is 21.5. The molecular formula is C20H22N2O5. The molecule has 0 saturated heterocycles. The largest absolute Gasteiger partial charge is 0.466 e. The molecule has 7 nitrogen and oxygen atoms in total. The van der Waals surface area contributed by atoms with E-state index in [9.17, 15) is 19.7 Å². The minimum absolute atomic E-state index is 0.103. The van der Waals surface area contributed by atoms with Crippen LogP contribution in [0.15, 0.2) is 46.8 Å². The number of hydrogen-bond acceptors (Lipinski definition) is 6. The Morgan fingerprint density at radius 3 is 2.63 bits per heavy atom. The molecule has 3 rings (SSSR count). The summed E-state index contributed by atoms with van der Waals surface area (Å²) in [6.07, 6.45) is 1.30. The number of hydrogen-bond donors (Lipinski definition) is 1. The second-order valence-corrected chi connectivity index (χ2v) is 7.51. The minimum atomic E-state index is -0.831. The van der Waals surface area contributed by atoms with E-state index in [4.69, 9.17) is 4.74 Å². The lowest BCUT2D eigenvalue weighted by molar-refractivity contribution is -0.385. The number of allylic oxidation sites excluding steroid dienone is 3. The highest BCUT2D eigenvalue weighted by molar-refractivity contribution is 6.06. The molecule has 1 aromatic rings. The standard InChI is InChI=1S/C20H22N2O5/c1-11-15(19(24)27-4)16(12-7-5-6-8-14(12)22(25)26)17-13(21-11)9-10-20(2,3)18(17)23/h5-8,16,21H,9-10H2,1-4H3. The van der Waals surface area contributed by atoms with Gasteiger partial charge in [0.25, 0.3) is 5.69 Å². The number of carbonyl (C=O) groups excluding carboxylic acids is 2. The van der Waals surface area contributed by atoms with Crippen molar-refractivity contribution >= 4 is 17.4 Å². The summed E-state index contributed by atoms with van der Waals surface area (Å²) in [5.41, 5.74) is 1.53. The highest BCUT2D eigenvalue weighted by Crippen LogP contribution is 2.48. The summed E-state index contributed by atoms with van der Waals surface area (Å²) >= 11 is 0. The number of benzene rings is 1. The molecule has 0 spiro atoms. The average Bonchev–Trinajstić information content (AvgIpc) is 2.63. The van der Waals surface area contributed by atoms with Gasteiger partial charge >= 0.3 is 5.97 Å². The number of carbonyl (C=O) groups is 2. The number of para-hydroxylation sites is 1. The number of nitrogens with one attached hydrogen (secondary N) is 1. The first-order valence-corrected chi connectivity index (χ1v) is 8.76. The molecule has 0 radical (unpaired) electrons. The van der Waals surface area contributed by atoms with Crippen molar-refractivity contribution in [3.05, 3.63) is 62.5 Å². The lowest BCUT2D eigenvalue weighted by Crippen LogP contribution is -2.40. The molecule has 2 aliphatic rings. The minimum Gasteiger partial charge on any atom is -0.466 e. The molecule has 0 fully saturated rings. The fraction of sp³-hybridized carbons (Fsp3) is 0.400. The van der Waals surface area contributed by atoms with Gasteiger partial charge in [0.1, 0.15) is 0 Å². The first-order chi connectivity index (χ1) is 12.7. The van der Waals surface area contributed by atoms with Gasteiger partial charge < -0.3 is 10.1 Å². The van der Waals surface area contributed by atoms with Crippen molar-refractivity contribution in [2.75, 3.05) is 7.11 Å². The molecular weight excluding hydrogens is 348 g/mol. The van der Waals surface area contributed by atoms with E-state index in [2.05, 4.69) is 5.32 Å². The van der Waals surface area contributed by atoms with E-state index in [1.807, 2.05) is 13.8 Å². The lowest BCUT2D eigenvalue weighted by Gasteiger charge is -2.39. The summed E-state index contributed by atoms with van der Waals surface area (Å²) < 4.78 is 4.94. The Morgan fingerprint density at radius 1 is 1.33 bits per heavy atom. The Morgan fingerprint density at radius 2 is 2.00 bits per heavy atom. The zero-order valence-electron chi connectivity index (χ0n) is 15.8. The number of ketones is 1. The molecule has 1 heterocycles. The maximum absolute atomic E-state index is 13.3. The third-order valence-corrected chi connectivity index (χ3v) is 5.35. The van der Waals surface area contributed by atoms with Crippen molar-refractivity contribution in [2.45, 2.75) is 39.5 Å². The van der Waals surface area contributed by atoms with E-state index in [1.165, 1.54) is 13.2 Å². The first-order valence-electron chi connectivity index (χ1n) is 8.76. The molecule has 7 heteroatoms. The van der Waals surface area contributed by atoms with Crippen molar-refractivity contribution in [3.8, 4) is 0 Å². The van der Waals surface area contributed by atoms with Crippen molar-refractivity contribution in [2.24, 2.45) is 5.41 Å². The number of nitro groups is 1. The monoisotopic (exact) mass is 370 g/mol. The topological polar surface area (TPSA) is 98.5 Å². The van der Waals surface area contributed by atoms with Crippen LogP contribution in [0.5, 0.6) is 0 Å². The summed E-state index contributed by atoms with van der Waals surface area (Å²) in [4.78, 5) is 37.0. The van der Waals surface area contributed by atoms with Crippen molar-refractivity contribution in [1.82, 2.24) is 5.32 Å². The number of dihydropyridines is 1. The Balaban J connectivity index is 2.31. The van der Waals surface area contributed by atoms with Gasteiger partial charge in [-0.15, -0.1) is 0 Å². The van der Waals surface area contributed by atoms with Crippen LogP contribution in [0.1, 0.15) is 45.1 Å². The van der Waals surface area contributed by atoms with Crippen LogP contribution >= 0.6 is 0 Å². The Labute approximate surface area is 157 Å². The van der Waals surface area contributed by atoms with E-state index >= 15 is 0 Å². The van der Waals surface area contributed by atoms with E-state index in [1.54, 1.807) is 25.1 Å². The molecule has 0 bridgehead atoms. The van der Waals surface area contributed by atoms with Gasteiger partial charge in [-0.2, -0.15) is 0 Å². The second-order valence-electron chi connectivity index (χ2n) is 7.51. The molecule has 0 amide bonds. The van der Waals surface area contributed by atoms with Gasteiger partial charge in [0.15, 0.2) is 5.78 Å². The van der Waals surface area contributed by atoms with Crippen LogP contribution < -0.4 is 5.32 Å². The van der Waals surface area contributed by atoms with Gasteiger partial charge in [0, 0.05) is 34.0 Å². The predicted molar refractivity (Wildman–Crippen MR) is 98.7 cm³/mol. The van der Waals surface area contributed by atoms with Gasteiger partial charge in [0.05, 0.1) is 23.5 Å². The predicted octanol–water partition coefficient (Wildman–Crippen LogP) is 3.37. The highest BCUT2D eigenvalue weighted by atomic mass is 16.6. The maximum atomic E-state index is 13.3. The third kappa shape index (κ3) is 3.03. The van der Waals surface area contributed by atoms with Crippen molar-refractivity contribution in [3.63, 3.8) is 0 Å². The zero-order chi connectivity index (χ0) is 19.9. The Hall–Kier alpha value is -2.96. The third-order valence-electron chi connectivity index (χ3n) is 5.35. The summed E-state index contributed by atoms with van der Waals surface area (Å²) in [7, 11) is 1.26. The van der Waals surface area contributed by atoms with Gasteiger partial charge in [0.2, 0.25) is 0 Å². The smallest absolute Gasteiger partial charge is 0.336 e. The first kappa shape index (κ1) is 18.8. The lowest BCUT2D eigenvalue weighted by atomic mass is 9.67. The number of nitrogens with zero attached hydrogens (tertiary/aromatic N) is 1. The average molecular weight is 370 g/mol. The molecule has 1 unspecified atom stereocenters. The second kappa shape index (κ2) is 6.64.